The van der Waals surface area contributed by atoms with Gasteiger partial charge in [-0.3, -0.25) is 53.1 Å². The summed E-state index contributed by atoms with van der Waals surface area (Å²) in [6.45, 7) is 2.19. The lowest BCUT2D eigenvalue weighted by molar-refractivity contribution is -0.141. The van der Waals surface area contributed by atoms with E-state index in [4.69, 9.17) is 15.3 Å². The molecule has 28 nitrogen and oxygen atoms in total. The van der Waals surface area contributed by atoms with Gasteiger partial charge in [-0.2, -0.15) is 0 Å². The minimum absolute atomic E-state index is 0.00293. The zero-order valence-corrected chi connectivity index (χ0v) is 47.2. The van der Waals surface area contributed by atoms with Gasteiger partial charge in [-0.05, 0) is 80.5 Å². The first-order valence-corrected chi connectivity index (χ1v) is 28.0. The number of rotatable bonds is 46. The highest BCUT2D eigenvalue weighted by atomic mass is 16.4. The lowest BCUT2D eigenvalue weighted by Crippen LogP contribution is -2.51. The van der Waals surface area contributed by atoms with E-state index in [9.17, 15) is 68.1 Å². The van der Waals surface area contributed by atoms with Crippen LogP contribution in [0.3, 0.4) is 0 Å². The Morgan fingerprint density at radius 3 is 1.65 bits per heavy atom. The number of nitrogens with zero attached hydrogens (tertiary/aromatic N) is 4. The van der Waals surface area contributed by atoms with Gasteiger partial charge in [-0.1, -0.05) is 49.2 Å². The monoisotopic (exact) mass is 1180 g/mol. The second kappa shape index (κ2) is 40.0. The number of benzene rings is 2. The number of unbranched alkanes of at least 4 members (excludes halogenated alkanes) is 5. The Labute approximate surface area is 486 Å². The number of fused-ring (bicyclic) bond motifs is 1. The van der Waals surface area contributed by atoms with Crippen molar-refractivity contribution in [2.24, 2.45) is 0 Å². The van der Waals surface area contributed by atoms with Gasteiger partial charge < -0.3 is 72.8 Å². The minimum atomic E-state index is -1.55. The van der Waals surface area contributed by atoms with Crippen LogP contribution in [0, 0.1) is 0 Å². The number of pyridine rings is 1. The summed E-state index contributed by atoms with van der Waals surface area (Å²) in [5, 5.41) is 75.4. The largest absolute Gasteiger partial charge is 0.481 e. The first kappa shape index (κ1) is 69.9. The molecular formula is C56H81N11O17. The molecule has 0 aliphatic rings. The second-order valence-corrected chi connectivity index (χ2v) is 19.9. The van der Waals surface area contributed by atoms with Crippen LogP contribution in [0.1, 0.15) is 105 Å². The van der Waals surface area contributed by atoms with Gasteiger partial charge >= 0.3 is 41.8 Å². The standard InChI is InChI=1S/C56H81N11O17/c68-46(14-3-1-2-8-23-61-48(70)37-65(29-26-57-34-50(73)74)31-32-66(38-52(77)78)30-27-58-35-51(75)76)60-24-9-6-15-47(69)62-33-39-16-18-41(19-17-39)53(79)67(36-45-42-12-5-4-11-40(42)22-25-59-45)28-10-7-13-43(54(80)81)63-56(84)64-44(55(82)83)20-21-49(71)72/h4-5,11-12,16-19,22,25,43-44,57-58H,1-3,6-10,13-15,20-21,23-24,26-38H2,(H,60,68)(H,61,70)(H,62,69)(H,71,72)(H,73,74)(H,75,76)(H,77,78)(H,80,81)(H,82,83)(H2,63,64,84)/t43-,44-/m1/s1. The Bertz CT molecular complexity index is 2620. The van der Waals surface area contributed by atoms with Gasteiger partial charge in [0.1, 0.15) is 12.1 Å². The van der Waals surface area contributed by atoms with E-state index in [1.165, 1.54) is 0 Å². The molecule has 462 valence electrons. The summed E-state index contributed by atoms with van der Waals surface area (Å²) in [6.07, 6.45) is 5.75. The summed E-state index contributed by atoms with van der Waals surface area (Å²) in [6, 6.07) is 12.1. The van der Waals surface area contributed by atoms with Crippen LogP contribution in [0.5, 0.6) is 0 Å². The smallest absolute Gasteiger partial charge is 0.326 e. The second-order valence-electron chi connectivity index (χ2n) is 19.9. The van der Waals surface area contributed by atoms with Crippen molar-refractivity contribution in [1.82, 2.24) is 56.9 Å². The number of amides is 6. The summed E-state index contributed by atoms with van der Waals surface area (Å²) in [4.78, 5) is 142. The third kappa shape index (κ3) is 30.6. The summed E-state index contributed by atoms with van der Waals surface area (Å²) in [5.74, 6) is -8.11. The molecule has 0 saturated carbocycles. The molecule has 3 rings (SSSR count). The van der Waals surface area contributed by atoms with Crippen LogP contribution in [0.15, 0.2) is 60.8 Å². The lowest BCUT2D eigenvalue weighted by atomic mass is 10.1. The maximum absolute atomic E-state index is 14.1. The molecule has 0 aliphatic heterocycles. The molecule has 0 spiro atoms. The molecule has 2 atom stereocenters. The topological polar surface area (TPSA) is 416 Å². The molecule has 1 aromatic heterocycles. The molecule has 2 aromatic carbocycles. The zero-order chi connectivity index (χ0) is 61.7. The van der Waals surface area contributed by atoms with Gasteiger partial charge in [0.05, 0.1) is 38.4 Å². The molecule has 6 amide bonds. The van der Waals surface area contributed by atoms with Crippen molar-refractivity contribution in [3.8, 4) is 0 Å². The summed E-state index contributed by atoms with van der Waals surface area (Å²) >= 11 is 0. The number of hydrogen-bond donors (Lipinski definition) is 13. The zero-order valence-electron chi connectivity index (χ0n) is 47.2. The molecule has 0 radical (unpaired) electrons. The highest BCUT2D eigenvalue weighted by molar-refractivity contribution is 5.95. The quantitative estimate of drug-likeness (QED) is 0.0353. The number of aromatic nitrogens is 1. The van der Waals surface area contributed by atoms with Crippen LogP contribution < -0.4 is 37.2 Å². The van der Waals surface area contributed by atoms with Gasteiger partial charge in [0.15, 0.2) is 0 Å². The molecule has 0 unspecified atom stereocenters. The lowest BCUT2D eigenvalue weighted by Gasteiger charge is -2.26. The average molecular weight is 1180 g/mol. The highest BCUT2D eigenvalue weighted by Gasteiger charge is 2.26. The molecule has 1 heterocycles. The van der Waals surface area contributed by atoms with Crippen molar-refractivity contribution in [2.45, 2.75) is 109 Å². The van der Waals surface area contributed by atoms with Crippen molar-refractivity contribution < 1.29 is 83.4 Å². The number of carboxylic acid groups (broad SMARTS) is 6. The molecule has 0 saturated heterocycles. The van der Waals surface area contributed by atoms with Crippen LogP contribution in [0.2, 0.25) is 0 Å². The molecular weight excluding hydrogens is 1100 g/mol. The Morgan fingerprint density at radius 1 is 0.488 bits per heavy atom. The normalized spacial score (nSPS) is 11.8. The van der Waals surface area contributed by atoms with Crippen LogP contribution >= 0.6 is 0 Å². The first-order valence-electron chi connectivity index (χ1n) is 28.0. The minimum Gasteiger partial charge on any atom is -0.481 e. The van der Waals surface area contributed by atoms with Crippen molar-refractivity contribution >= 4 is 76.2 Å². The van der Waals surface area contributed by atoms with E-state index in [1.54, 1.807) is 45.2 Å². The van der Waals surface area contributed by atoms with Crippen LogP contribution in [0.25, 0.3) is 10.8 Å². The summed E-state index contributed by atoms with van der Waals surface area (Å²) in [5.41, 5.74) is 1.74. The van der Waals surface area contributed by atoms with E-state index in [2.05, 4.69) is 42.2 Å². The molecule has 0 aliphatic carbocycles. The number of carbonyl (C=O) groups excluding carboxylic acids is 5. The van der Waals surface area contributed by atoms with Crippen LogP contribution in [-0.2, 0) is 56.2 Å². The highest BCUT2D eigenvalue weighted by Crippen LogP contribution is 2.20. The van der Waals surface area contributed by atoms with Gasteiger partial charge in [-0.15, -0.1) is 0 Å². The van der Waals surface area contributed by atoms with E-state index in [0.717, 1.165) is 29.2 Å². The predicted molar refractivity (Wildman–Crippen MR) is 304 cm³/mol. The van der Waals surface area contributed by atoms with Crippen molar-refractivity contribution in [3.63, 3.8) is 0 Å². The first-order chi connectivity index (χ1) is 40.2. The number of hydrogen-bond acceptors (Lipinski definition) is 16. The van der Waals surface area contributed by atoms with Crippen molar-refractivity contribution in [1.29, 1.82) is 0 Å². The number of urea groups is 1. The Kier molecular flexibility index (Phi) is 33.3. The number of carbonyl (C=O) groups is 11. The number of carboxylic acids is 6. The molecule has 3 aromatic rings. The number of aliphatic carboxylic acids is 6. The maximum Gasteiger partial charge on any atom is 0.326 e. The average Bonchev–Trinajstić information content (AvgIpc) is 3.48. The Morgan fingerprint density at radius 2 is 1.05 bits per heavy atom. The third-order valence-electron chi connectivity index (χ3n) is 13.1. The van der Waals surface area contributed by atoms with Gasteiger partial charge in [-0.25, -0.2) is 14.4 Å². The summed E-state index contributed by atoms with van der Waals surface area (Å²) < 4.78 is 0. The Balaban J connectivity index is 1.37. The van der Waals surface area contributed by atoms with E-state index in [-0.39, 0.29) is 115 Å². The fourth-order valence-corrected chi connectivity index (χ4v) is 8.63. The van der Waals surface area contributed by atoms with Crippen LogP contribution in [-0.4, -0.2) is 213 Å². The third-order valence-corrected chi connectivity index (χ3v) is 13.1. The molecule has 0 fully saturated rings. The fraction of sp³-hybridized carbons (Fsp3) is 0.536. The predicted octanol–water partition coefficient (Wildman–Crippen LogP) is 1.12. The maximum atomic E-state index is 14.1. The molecule has 84 heavy (non-hydrogen) atoms. The Hall–Kier alpha value is -8.34. The molecule has 13 N–H and O–H groups in total. The van der Waals surface area contributed by atoms with Crippen LogP contribution in [0.4, 0.5) is 4.79 Å². The fourth-order valence-electron chi connectivity index (χ4n) is 8.63. The van der Waals surface area contributed by atoms with Gasteiger partial charge in [0.25, 0.3) is 5.91 Å². The van der Waals surface area contributed by atoms with Crippen molar-refractivity contribution in [3.05, 3.63) is 77.6 Å². The van der Waals surface area contributed by atoms with E-state index >= 15 is 0 Å². The van der Waals surface area contributed by atoms with E-state index < -0.39 is 66.8 Å². The SMILES string of the molecule is O=C(O)CC[C@@H](NC(=O)N[C@H](CCCCN(Cc1nccc2ccccc12)C(=O)c1ccc(CNC(=O)CCCCNC(=O)CCCCCCNC(=O)CN(CCNCC(=O)O)CCN(CCNCC(=O)O)CC(=O)O)cc1)C(=O)O)C(=O)O. The van der Waals surface area contributed by atoms with E-state index in [0.29, 0.717) is 76.0 Å². The van der Waals surface area contributed by atoms with E-state index in [1.807, 2.05) is 30.3 Å². The number of nitrogens with one attached hydrogen (secondary N) is 7. The molecule has 0 bridgehead atoms. The van der Waals surface area contributed by atoms with Gasteiger partial charge in [0.2, 0.25) is 17.7 Å². The van der Waals surface area contributed by atoms with Gasteiger partial charge in [0, 0.05) is 102 Å². The molecule has 28 heteroatoms. The summed E-state index contributed by atoms with van der Waals surface area (Å²) in [7, 11) is 0. The van der Waals surface area contributed by atoms with Crippen molar-refractivity contribution in [2.75, 3.05) is 85.1 Å².